The van der Waals surface area contributed by atoms with Crippen LogP contribution in [0.15, 0.2) is 64.4 Å². The number of hydrogen-bond donors (Lipinski definition) is 0. The summed E-state index contributed by atoms with van der Waals surface area (Å²) in [5.41, 5.74) is 2.44. The van der Waals surface area contributed by atoms with Crippen molar-refractivity contribution in [2.24, 2.45) is 5.92 Å². The van der Waals surface area contributed by atoms with E-state index in [-0.39, 0.29) is 5.56 Å². The normalized spacial score (nSPS) is 15.1. The van der Waals surface area contributed by atoms with Crippen LogP contribution in [0.25, 0.3) is 22.2 Å². The van der Waals surface area contributed by atoms with Gasteiger partial charge < -0.3 is 9.32 Å². The molecular formula is C21H20N6O2. The molecule has 1 saturated heterocycles. The third-order valence-electron chi connectivity index (χ3n) is 5.44. The Morgan fingerprint density at radius 3 is 2.72 bits per heavy atom. The first-order valence-electron chi connectivity index (χ1n) is 9.70. The summed E-state index contributed by atoms with van der Waals surface area (Å²) in [5, 5.41) is 13.9. The highest BCUT2D eigenvalue weighted by Gasteiger charge is 2.23. The Balaban J connectivity index is 1.30. The van der Waals surface area contributed by atoms with Gasteiger partial charge in [-0.2, -0.15) is 10.2 Å². The quantitative estimate of drug-likeness (QED) is 0.531. The van der Waals surface area contributed by atoms with E-state index in [9.17, 15) is 4.79 Å². The minimum absolute atomic E-state index is 0.0727. The van der Waals surface area contributed by atoms with E-state index < -0.39 is 0 Å². The first kappa shape index (κ1) is 17.5. The molecule has 5 rings (SSSR count). The zero-order valence-electron chi connectivity index (χ0n) is 15.8. The third kappa shape index (κ3) is 3.49. The van der Waals surface area contributed by atoms with Gasteiger partial charge in [0.25, 0.3) is 5.56 Å². The maximum absolute atomic E-state index is 12.3. The highest BCUT2D eigenvalue weighted by molar-refractivity contribution is 5.86. The maximum atomic E-state index is 12.3. The second-order valence-electron chi connectivity index (χ2n) is 7.28. The molecule has 8 heteroatoms. The van der Waals surface area contributed by atoms with E-state index in [0.29, 0.717) is 12.5 Å². The van der Waals surface area contributed by atoms with Crippen molar-refractivity contribution in [2.45, 2.75) is 19.4 Å². The van der Waals surface area contributed by atoms with Gasteiger partial charge >= 0.3 is 0 Å². The van der Waals surface area contributed by atoms with Crippen LogP contribution < -0.4 is 10.5 Å². The summed E-state index contributed by atoms with van der Waals surface area (Å²) in [6.45, 7) is 2.30. The van der Waals surface area contributed by atoms with Gasteiger partial charge in [0.2, 0.25) is 0 Å². The molecule has 1 fully saturated rings. The molecule has 0 N–H and O–H groups in total. The van der Waals surface area contributed by atoms with Crippen LogP contribution in [0.5, 0.6) is 0 Å². The average molecular weight is 388 g/mol. The van der Waals surface area contributed by atoms with Gasteiger partial charge in [0, 0.05) is 49.0 Å². The van der Waals surface area contributed by atoms with E-state index >= 15 is 0 Å². The Morgan fingerprint density at radius 2 is 1.90 bits per heavy atom. The summed E-state index contributed by atoms with van der Waals surface area (Å²) in [6, 6.07) is 9.04. The van der Waals surface area contributed by atoms with E-state index in [1.54, 1.807) is 41.7 Å². The highest BCUT2D eigenvalue weighted by Crippen LogP contribution is 2.28. The molecule has 0 spiro atoms. The van der Waals surface area contributed by atoms with Crippen LogP contribution in [-0.4, -0.2) is 38.1 Å². The highest BCUT2D eigenvalue weighted by atomic mass is 16.3. The Hall–Kier alpha value is -3.55. The minimum atomic E-state index is -0.0727. The SMILES string of the molecule is O=c1ccc(-c2ccncc2)nn1CC1CCN(c2nncc3ccoc23)CC1. The number of rotatable bonds is 4. The van der Waals surface area contributed by atoms with Crippen molar-refractivity contribution < 1.29 is 4.42 Å². The Labute approximate surface area is 166 Å². The first-order valence-corrected chi connectivity index (χ1v) is 9.70. The molecule has 0 radical (unpaired) electrons. The molecule has 146 valence electrons. The number of aromatic nitrogens is 5. The van der Waals surface area contributed by atoms with Gasteiger partial charge in [-0.3, -0.25) is 9.78 Å². The van der Waals surface area contributed by atoms with Crippen LogP contribution >= 0.6 is 0 Å². The summed E-state index contributed by atoms with van der Waals surface area (Å²) >= 11 is 0. The summed E-state index contributed by atoms with van der Waals surface area (Å²) in [5.74, 6) is 1.17. The zero-order valence-corrected chi connectivity index (χ0v) is 15.8. The van der Waals surface area contributed by atoms with Crippen LogP contribution in [0.2, 0.25) is 0 Å². The first-order chi connectivity index (χ1) is 14.3. The standard InChI is InChI=1S/C21H20N6O2/c28-19-2-1-18(16-3-8-22-9-4-16)25-27(19)14-15-5-10-26(11-6-15)21-20-17(7-12-29-20)13-23-24-21/h1-4,7-9,12-13,15H,5-6,10-11,14H2. The molecule has 1 aliphatic rings. The molecule has 0 amide bonds. The van der Waals surface area contributed by atoms with Crippen molar-refractivity contribution in [3.05, 3.63) is 65.5 Å². The van der Waals surface area contributed by atoms with E-state index in [4.69, 9.17) is 4.42 Å². The van der Waals surface area contributed by atoms with Crippen molar-refractivity contribution in [3.63, 3.8) is 0 Å². The van der Waals surface area contributed by atoms with Crippen molar-refractivity contribution >= 4 is 16.8 Å². The summed E-state index contributed by atoms with van der Waals surface area (Å²) in [7, 11) is 0. The molecule has 29 heavy (non-hydrogen) atoms. The second kappa shape index (κ2) is 7.46. The Morgan fingerprint density at radius 1 is 1.07 bits per heavy atom. The molecule has 0 aliphatic carbocycles. The fourth-order valence-electron chi connectivity index (χ4n) is 3.83. The monoisotopic (exact) mass is 388 g/mol. The van der Waals surface area contributed by atoms with Gasteiger partial charge in [-0.25, -0.2) is 4.68 Å². The van der Waals surface area contributed by atoms with Crippen LogP contribution in [0, 0.1) is 5.92 Å². The fraction of sp³-hybridized carbons (Fsp3) is 0.286. The van der Waals surface area contributed by atoms with E-state index in [1.165, 1.54) is 0 Å². The topological polar surface area (TPSA) is 89.9 Å². The molecule has 0 saturated carbocycles. The number of anilines is 1. The summed E-state index contributed by atoms with van der Waals surface area (Å²) < 4.78 is 7.18. The predicted octanol–water partition coefficient (Wildman–Crippen LogP) is 2.76. The van der Waals surface area contributed by atoms with Gasteiger partial charge in [-0.05, 0) is 43.0 Å². The molecule has 4 aromatic rings. The van der Waals surface area contributed by atoms with E-state index in [1.807, 2.05) is 18.2 Å². The summed E-state index contributed by atoms with van der Waals surface area (Å²) in [4.78, 5) is 18.6. The molecule has 0 bridgehead atoms. The number of nitrogens with zero attached hydrogens (tertiary/aromatic N) is 6. The van der Waals surface area contributed by atoms with Crippen LogP contribution in [0.3, 0.4) is 0 Å². The fourth-order valence-corrected chi connectivity index (χ4v) is 3.83. The van der Waals surface area contributed by atoms with E-state index in [2.05, 4.69) is 25.2 Å². The lowest BCUT2D eigenvalue weighted by molar-refractivity contribution is 0.334. The van der Waals surface area contributed by atoms with Gasteiger partial charge in [-0.1, -0.05) is 0 Å². The molecule has 8 nitrogen and oxygen atoms in total. The van der Waals surface area contributed by atoms with Crippen LogP contribution in [-0.2, 0) is 6.54 Å². The summed E-state index contributed by atoms with van der Waals surface area (Å²) in [6.07, 6.45) is 8.73. The average Bonchev–Trinajstić information content (AvgIpc) is 3.26. The largest absolute Gasteiger partial charge is 0.460 e. The molecule has 5 heterocycles. The van der Waals surface area contributed by atoms with Crippen molar-refractivity contribution in [2.75, 3.05) is 18.0 Å². The lowest BCUT2D eigenvalue weighted by Crippen LogP contribution is -2.37. The molecule has 1 aliphatic heterocycles. The smallest absolute Gasteiger partial charge is 0.266 e. The van der Waals surface area contributed by atoms with Crippen LogP contribution in [0.1, 0.15) is 12.8 Å². The third-order valence-corrected chi connectivity index (χ3v) is 5.44. The minimum Gasteiger partial charge on any atom is -0.460 e. The molecule has 0 aromatic carbocycles. The zero-order chi connectivity index (χ0) is 19.6. The van der Waals surface area contributed by atoms with Crippen molar-refractivity contribution in [1.29, 1.82) is 0 Å². The predicted molar refractivity (Wildman–Crippen MR) is 108 cm³/mol. The molecule has 0 unspecified atom stereocenters. The Kier molecular flexibility index (Phi) is 4.51. The molecule has 0 atom stereocenters. The van der Waals surface area contributed by atoms with Crippen LogP contribution in [0.4, 0.5) is 5.82 Å². The van der Waals surface area contributed by atoms with E-state index in [0.717, 1.165) is 54.0 Å². The second-order valence-corrected chi connectivity index (χ2v) is 7.28. The van der Waals surface area contributed by atoms with Crippen molar-refractivity contribution in [1.82, 2.24) is 25.0 Å². The molecular weight excluding hydrogens is 368 g/mol. The number of fused-ring (bicyclic) bond motifs is 1. The number of pyridine rings is 1. The number of furan rings is 1. The lowest BCUT2D eigenvalue weighted by Gasteiger charge is -2.32. The lowest BCUT2D eigenvalue weighted by atomic mass is 9.97. The number of hydrogen-bond acceptors (Lipinski definition) is 7. The van der Waals surface area contributed by atoms with Gasteiger partial charge in [-0.15, -0.1) is 5.10 Å². The molecule has 4 aromatic heterocycles. The van der Waals surface area contributed by atoms with Gasteiger partial charge in [0.15, 0.2) is 11.4 Å². The maximum Gasteiger partial charge on any atom is 0.266 e. The van der Waals surface area contributed by atoms with Crippen molar-refractivity contribution in [3.8, 4) is 11.3 Å². The Bertz CT molecular complexity index is 1180. The van der Waals surface area contributed by atoms with Gasteiger partial charge in [0.1, 0.15) is 0 Å². The number of piperidine rings is 1. The van der Waals surface area contributed by atoms with Gasteiger partial charge in [0.05, 0.1) is 18.2 Å².